The van der Waals surface area contributed by atoms with Gasteiger partial charge >= 0.3 is 0 Å². The molecule has 1 saturated heterocycles. The van der Waals surface area contributed by atoms with Crippen molar-refractivity contribution in [2.75, 3.05) is 0 Å². The van der Waals surface area contributed by atoms with Crippen LogP contribution in [0.3, 0.4) is 0 Å². The molecule has 1 aliphatic rings. The molecule has 2 atom stereocenters. The second-order valence-electron chi connectivity index (χ2n) is 4.24. The van der Waals surface area contributed by atoms with Crippen LogP contribution in [-0.4, -0.2) is 12.1 Å². The summed E-state index contributed by atoms with van der Waals surface area (Å²) in [4.78, 5) is 0. The highest BCUT2D eigenvalue weighted by molar-refractivity contribution is 7.20. The third-order valence-corrected chi connectivity index (χ3v) is 4.36. The van der Waals surface area contributed by atoms with Crippen molar-refractivity contribution < 1.29 is 0 Å². The Kier molecular flexibility index (Phi) is 4.31. The van der Waals surface area contributed by atoms with Gasteiger partial charge < -0.3 is 5.32 Å². The molecule has 1 aliphatic heterocycles. The van der Waals surface area contributed by atoms with Crippen LogP contribution in [0.25, 0.3) is 6.08 Å². The molecule has 2 heterocycles. The molecule has 0 amide bonds. The van der Waals surface area contributed by atoms with Crippen LogP contribution in [0.1, 0.15) is 31.7 Å². The minimum absolute atomic E-state index is 0.471. The smallest absolute Gasteiger partial charge is 0.102 e. The van der Waals surface area contributed by atoms with E-state index in [4.69, 9.17) is 23.2 Å². The van der Waals surface area contributed by atoms with Gasteiger partial charge in [-0.2, -0.15) is 0 Å². The fourth-order valence-electron chi connectivity index (χ4n) is 2.01. The topological polar surface area (TPSA) is 12.0 Å². The van der Waals surface area contributed by atoms with Crippen molar-refractivity contribution in [1.29, 1.82) is 0 Å². The van der Waals surface area contributed by atoms with Crippen LogP contribution in [0.2, 0.25) is 8.67 Å². The van der Waals surface area contributed by atoms with Gasteiger partial charge in [-0.25, -0.2) is 0 Å². The zero-order valence-corrected chi connectivity index (χ0v) is 11.5. The summed E-state index contributed by atoms with van der Waals surface area (Å²) in [5, 5.41) is 3.55. The van der Waals surface area contributed by atoms with Crippen LogP contribution >= 0.6 is 34.5 Å². The highest BCUT2D eigenvalue weighted by Crippen LogP contribution is 2.32. The van der Waals surface area contributed by atoms with E-state index in [-0.39, 0.29) is 0 Å². The molecule has 1 nitrogen and oxygen atoms in total. The number of piperidine rings is 1. The molecular formula is C12H15Cl2NS. The van der Waals surface area contributed by atoms with Crippen molar-refractivity contribution in [2.45, 2.75) is 38.3 Å². The van der Waals surface area contributed by atoms with E-state index in [0.29, 0.717) is 12.1 Å². The van der Waals surface area contributed by atoms with Crippen LogP contribution in [0.4, 0.5) is 0 Å². The minimum Gasteiger partial charge on any atom is -0.308 e. The lowest BCUT2D eigenvalue weighted by atomic mass is 9.99. The summed E-state index contributed by atoms with van der Waals surface area (Å²) >= 11 is 13.4. The van der Waals surface area contributed by atoms with E-state index in [0.717, 1.165) is 14.2 Å². The Morgan fingerprint density at radius 1 is 1.44 bits per heavy atom. The van der Waals surface area contributed by atoms with E-state index in [1.54, 1.807) is 0 Å². The Morgan fingerprint density at radius 3 is 2.88 bits per heavy atom. The van der Waals surface area contributed by atoms with Gasteiger partial charge in [-0.1, -0.05) is 41.8 Å². The Balaban J connectivity index is 2.00. The highest BCUT2D eigenvalue weighted by Gasteiger charge is 2.15. The Morgan fingerprint density at radius 2 is 2.25 bits per heavy atom. The Hall–Kier alpha value is -0.0200. The van der Waals surface area contributed by atoms with Crippen LogP contribution in [0.5, 0.6) is 0 Å². The van der Waals surface area contributed by atoms with E-state index in [9.17, 15) is 0 Å². The fraction of sp³-hybridized carbons (Fsp3) is 0.500. The SMILES string of the molecule is CC1CCCC(/C=C/c2cc(Cl)sc2Cl)N1. The highest BCUT2D eigenvalue weighted by atomic mass is 35.5. The molecule has 0 spiro atoms. The van der Waals surface area contributed by atoms with Gasteiger partial charge in [0.25, 0.3) is 0 Å². The zero-order valence-electron chi connectivity index (χ0n) is 9.17. The Labute approximate surface area is 110 Å². The predicted octanol–water partition coefficient (Wildman–Crippen LogP) is 4.60. The average Bonchev–Trinajstić information content (AvgIpc) is 2.54. The minimum atomic E-state index is 0.471. The standard InChI is InChI=1S/C12H15Cl2NS/c1-8-3-2-4-10(15-8)6-5-9-7-11(13)16-12(9)14/h5-8,10,15H,2-4H2,1H3/b6-5+. The molecular weight excluding hydrogens is 261 g/mol. The maximum atomic E-state index is 6.05. The third-order valence-electron chi connectivity index (χ3n) is 2.84. The fourth-order valence-corrected chi connectivity index (χ4v) is 3.45. The summed E-state index contributed by atoms with van der Waals surface area (Å²) in [6.07, 6.45) is 8.04. The zero-order chi connectivity index (χ0) is 11.5. The van der Waals surface area contributed by atoms with E-state index >= 15 is 0 Å². The van der Waals surface area contributed by atoms with E-state index < -0.39 is 0 Å². The van der Waals surface area contributed by atoms with Gasteiger partial charge in [-0.3, -0.25) is 0 Å². The number of thiophene rings is 1. The van der Waals surface area contributed by atoms with Gasteiger partial charge in [0.2, 0.25) is 0 Å². The van der Waals surface area contributed by atoms with Gasteiger partial charge in [0.15, 0.2) is 0 Å². The molecule has 2 rings (SSSR count). The summed E-state index contributed by atoms with van der Waals surface area (Å²) in [5.74, 6) is 0. The summed E-state index contributed by atoms with van der Waals surface area (Å²) in [7, 11) is 0. The first-order chi connectivity index (χ1) is 7.65. The summed E-state index contributed by atoms with van der Waals surface area (Å²) in [5.41, 5.74) is 1.02. The molecule has 16 heavy (non-hydrogen) atoms. The molecule has 1 aromatic rings. The number of hydrogen-bond acceptors (Lipinski definition) is 2. The van der Waals surface area contributed by atoms with Gasteiger partial charge in [-0.05, 0) is 25.8 Å². The molecule has 88 valence electrons. The molecule has 0 aliphatic carbocycles. The lowest BCUT2D eigenvalue weighted by Gasteiger charge is -2.26. The number of rotatable bonds is 2. The van der Waals surface area contributed by atoms with Crippen molar-refractivity contribution >= 4 is 40.6 Å². The molecule has 0 radical (unpaired) electrons. The Bertz CT molecular complexity index is 386. The first-order valence-corrected chi connectivity index (χ1v) is 7.11. The van der Waals surface area contributed by atoms with Gasteiger partial charge in [0, 0.05) is 17.6 Å². The normalized spacial score (nSPS) is 26.4. The molecule has 1 fully saturated rings. The van der Waals surface area contributed by atoms with Gasteiger partial charge in [0.1, 0.15) is 4.34 Å². The number of halogens is 2. The molecule has 0 saturated carbocycles. The van der Waals surface area contributed by atoms with Gasteiger partial charge in [0.05, 0.1) is 4.34 Å². The monoisotopic (exact) mass is 275 g/mol. The summed E-state index contributed by atoms with van der Waals surface area (Å²) < 4.78 is 1.51. The summed E-state index contributed by atoms with van der Waals surface area (Å²) in [6, 6.07) is 3.00. The second-order valence-corrected chi connectivity index (χ2v) is 6.53. The molecule has 0 bridgehead atoms. The molecule has 2 unspecified atom stereocenters. The molecule has 1 N–H and O–H groups in total. The number of nitrogens with one attached hydrogen (secondary N) is 1. The molecule has 1 aromatic heterocycles. The van der Waals surface area contributed by atoms with Crippen LogP contribution in [0.15, 0.2) is 12.1 Å². The van der Waals surface area contributed by atoms with E-state index in [1.165, 1.54) is 30.6 Å². The second kappa shape index (κ2) is 5.54. The molecule has 4 heteroatoms. The van der Waals surface area contributed by atoms with Crippen molar-refractivity contribution in [3.05, 3.63) is 26.4 Å². The lowest BCUT2D eigenvalue weighted by molar-refractivity contribution is 0.375. The third kappa shape index (κ3) is 3.24. The lowest BCUT2D eigenvalue weighted by Crippen LogP contribution is -2.39. The maximum Gasteiger partial charge on any atom is 0.102 e. The van der Waals surface area contributed by atoms with Crippen LogP contribution in [-0.2, 0) is 0 Å². The van der Waals surface area contributed by atoms with Crippen molar-refractivity contribution in [1.82, 2.24) is 5.32 Å². The average molecular weight is 276 g/mol. The maximum absolute atomic E-state index is 6.05. The number of hydrogen-bond donors (Lipinski definition) is 1. The van der Waals surface area contributed by atoms with E-state index in [2.05, 4.69) is 24.4 Å². The largest absolute Gasteiger partial charge is 0.308 e. The summed E-state index contributed by atoms with van der Waals surface area (Å²) in [6.45, 7) is 2.23. The quantitative estimate of drug-likeness (QED) is 0.832. The van der Waals surface area contributed by atoms with Crippen molar-refractivity contribution in [3.63, 3.8) is 0 Å². The van der Waals surface area contributed by atoms with Crippen molar-refractivity contribution in [2.24, 2.45) is 0 Å². The van der Waals surface area contributed by atoms with E-state index in [1.807, 2.05) is 6.07 Å². The molecule has 0 aromatic carbocycles. The van der Waals surface area contributed by atoms with Gasteiger partial charge in [-0.15, -0.1) is 11.3 Å². The van der Waals surface area contributed by atoms with Crippen LogP contribution in [0, 0.1) is 0 Å². The van der Waals surface area contributed by atoms with Crippen LogP contribution < -0.4 is 5.32 Å². The van der Waals surface area contributed by atoms with Crippen molar-refractivity contribution in [3.8, 4) is 0 Å². The first kappa shape index (κ1) is 12.4. The predicted molar refractivity (Wildman–Crippen MR) is 73.6 cm³/mol. The first-order valence-electron chi connectivity index (χ1n) is 5.54.